The molecule has 8 heteroatoms. The second-order valence-electron chi connectivity index (χ2n) is 5.87. The highest BCUT2D eigenvalue weighted by atomic mass is 35.5. The molecule has 0 atom stereocenters. The lowest BCUT2D eigenvalue weighted by Crippen LogP contribution is -2.25. The number of carbonyl (C=O) groups excluding carboxylic acids is 3. The SMILES string of the molecule is COc1ccc(NC(=O)CCC(=O)c2ccc3c(c2)NC(=O)CO3)cc1Cl. The Morgan fingerprint density at radius 1 is 1.22 bits per heavy atom. The van der Waals surface area contributed by atoms with Crippen molar-refractivity contribution in [1.29, 1.82) is 0 Å². The molecule has 140 valence electrons. The van der Waals surface area contributed by atoms with Gasteiger partial charge >= 0.3 is 0 Å². The van der Waals surface area contributed by atoms with Crippen LogP contribution in [0.2, 0.25) is 5.02 Å². The van der Waals surface area contributed by atoms with Crippen LogP contribution in [0.3, 0.4) is 0 Å². The van der Waals surface area contributed by atoms with Gasteiger partial charge in [0.05, 0.1) is 17.8 Å². The summed E-state index contributed by atoms with van der Waals surface area (Å²) in [6, 6.07) is 9.67. The van der Waals surface area contributed by atoms with Crippen LogP contribution in [0, 0.1) is 0 Å². The van der Waals surface area contributed by atoms with E-state index in [1.165, 1.54) is 7.11 Å². The van der Waals surface area contributed by atoms with Crippen molar-refractivity contribution in [2.75, 3.05) is 24.4 Å². The summed E-state index contributed by atoms with van der Waals surface area (Å²) in [6.07, 6.45) is 0.0474. The summed E-state index contributed by atoms with van der Waals surface area (Å²) in [5.74, 6) is 0.234. The van der Waals surface area contributed by atoms with Crippen LogP contribution in [0.25, 0.3) is 0 Å². The van der Waals surface area contributed by atoms with Crippen molar-refractivity contribution >= 4 is 40.6 Å². The number of hydrogen-bond acceptors (Lipinski definition) is 5. The van der Waals surface area contributed by atoms with Gasteiger partial charge in [-0.2, -0.15) is 0 Å². The number of methoxy groups -OCH3 is 1. The highest BCUT2D eigenvalue weighted by Crippen LogP contribution is 2.29. The first-order chi connectivity index (χ1) is 13.0. The van der Waals surface area contributed by atoms with Gasteiger partial charge in [-0.05, 0) is 36.4 Å². The van der Waals surface area contributed by atoms with E-state index in [2.05, 4.69) is 10.6 Å². The van der Waals surface area contributed by atoms with Gasteiger partial charge in [-0.3, -0.25) is 14.4 Å². The number of amides is 2. The van der Waals surface area contributed by atoms with Crippen molar-refractivity contribution < 1.29 is 23.9 Å². The Morgan fingerprint density at radius 3 is 2.78 bits per heavy atom. The molecule has 0 fully saturated rings. The van der Waals surface area contributed by atoms with Crippen LogP contribution in [-0.4, -0.2) is 31.3 Å². The standard InChI is InChI=1S/C19H17ClN2O5/c1-26-16-6-3-12(9-13(16)20)21-18(24)7-4-15(23)11-2-5-17-14(8-11)22-19(25)10-27-17/h2-3,5-6,8-9H,4,7,10H2,1H3,(H,21,24)(H,22,25). The Morgan fingerprint density at radius 2 is 2.04 bits per heavy atom. The number of hydrogen-bond donors (Lipinski definition) is 2. The molecule has 2 N–H and O–H groups in total. The molecule has 0 aliphatic carbocycles. The van der Waals surface area contributed by atoms with Crippen molar-refractivity contribution in [3.8, 4) is 11.5 Å². The highest BCUT2D eigenvalue weighted by Gasteiger charge is 2.18. The maximum Gasteiger partial charge on any atom is 0.262 e. The van der Waals surface area contributed by atoms with E-state index in [0.717, 1.165) is 0 Å². The van der Waals surface area contributed by atoms with Gasteiger partial charge in [-0.15, -0.1) is 0 Å². The van der Waals surface area contributed by atoms with Crippen molar-refractivity contribution in [3.05, 3.63) is 47.0 Å². The molecule has 0 saturated heterocycles. The molecule has 0 radical (unpaired) electrons. The van der Waals surface area contributed by atoms with E-state index in [0.29, 0.717) is 33.5 Å². The van der Waals surface area contributed by atoms with Gasteiger partial charge in [0.25, 0.3) is 5.91 Å². The van der Waals surface area contributed by atoms with E-state index in [9.17, 15) is 14.4 Å². The van der Waals surface area contributed by atoms with Crippen molar-refractivity contribution in [1.82, 2.24) is 0 Å². The monoisotopic (exact) mass is 388 g/mol. The van der Waals surface area contributed by atoms with Gasteiger partial charge in [0.2, 0.25) is 5.91 Å². The molecule has 7 nitrogen and oxygen atoms in total. The van der Waals surface area contributed by atoms with Gasteiger partial charge in [0.15, 0.2) is 12.4 Å². The van der Waals surface area contributed by atoms with Gasteiger partial charge in [0, 0.05) is 24.1 Å². The Kier molecular flexibility index (Phi) is 5.61. The van der Waals surface area contributed by atoms with Crippen molar-refractivity contribution in [2.45, 2.75) is 12.8 Å². The smallest absolute Gasteiger partial charge is 0.262 e. The number of Topliss-reactive ketones (excluding diaryl/α,β-unsaturated/α-hetero) is 1. The molecular formula is C19H17ClN2O5. The maximum absolute atomic E-state index is 12.3. The summed E-state index contributed by atoms with van der Waals surface area (Å²) in [5.41, 5.74) is 1.38. The number of benzene rings is 2. The molecule has 2 aromatic carbocycles. The van der Waals surface area contributed by atoms with Crippen LogP contribution >= 0.6 is 11.6 Å². The first kappa shape index (κ1) is 18.7. The second kappa shape index (κ2) is 8.09. The molecule has 27 heavy (non-hydrogen) atoms. The van der Waals surface area contributed by atoms with E-state index in [4.69, 9.17) is 21.1 Å². The predicted molar refractivity (Wildman–Crippen MR) is 101 cm³/mol. The number of halogens is 1. The van der Waals surface area contributed by atoms with Crippen LogP contribution in [-0.2, 0) is 9.59 Å². The Labute approximate surface area is 160 Å². The first-order valence-electron chi connectivity index (χ1n) is 8.19. The Hall–Kier alpha value is -3.06. The first-order valence-corrected chi connectivity index (χ1v) is 8.57. The third-order valence-electron chi connectivity index (χ3n) is 3.95. The van der Waals surface area contributed by atoms with E-state index < -0.39 is 0 Å². The van der Waals surface area contributed by atoms with Crippen LogP contribution in [0.4, 0.5) is 11.4 Å². The van der Waals surface area contributed by atoms with E-state index in [1.807, 2.05) is 0 Å². The predicted octanol–water partition coefficient (Wildman–Crippen LogP) is 3.28. The number of ether oxygens (including phenoxy) is 2. The topological polar surface area (TPSA) is 93.7 Å². The second-order valence-corrected chi connectivity index (χ2v) is 6.28. The Bertz CT molecular complexity index is 913. The number of nitrogens with one attached hydrogen (secondary N) is 2. The summed E-state index contributed by atoms with van der Waals surface area (Å²) >= 11 is 6.02. The fourth-order valence-electron chi connectivity index (χ4n) is 2.60. The molecule has 2 amide bonds. The van der Waals surface area contributed by atoms with Gasteiger partial charge in [-0.1, -0.05) is 11.6 Å². The van der Waals surface area contributed by atoms with Gasteiger partial charge in [-0.25, -0.2) is 0 Å². The quantitative estimate of drug-likeness (QED) is 0.740. The normalized spacial score (nSPS) is 12.4. The van der Waals surface area contributed by atoms with Gasteiger partial charge < -0.3 is 20.1 Å². The Balaban J connectivity index is 1.57. The lowest BCUT2D eigenvalue weighted by atomic mass is 10.0. The molecule has 0 unspecified atom stereocenters. The number of fused-ring (bicyclic) bond motifs is 1. The van der Waals surface area contributed by atoms with Crippen molar-refractivity contribution in [3.63, 3.8) is 0 Å². The third kappa shape index (κ3) is 4.57. The fourth-order valence-corrected chi connectivity index (χ4v) is 2.85. The molecule has 0 spiro atoms. The molecule has 1 aliphatic rings. The number of rotatable bonds is 6. The number of anilines is 2. The third-order valence-corrected chi connectivity index (χ3v) is 4.24. The van der Waals surface area contributed by atoms with E-state index >= 15 is 0 Å². The molecule has 1 heterocycles. The van der Waals surface area contributed by atoms with Crippen LogP contribution in [0.1, 0.15) is 23.2 Å². The van der Waals surface area contributed by atoms with E-state index in [1.54, 1.807) is 36.4 Å². The summed E-state index contributed by atoms with van der Waals surface area (Å²) in [6.45, 7) is -0.0458. The largest absolute Gasteiger partial charge is 0.495 e. The number of carbonyl (C=O) groups is 3. The minimum Gasteiger partial charge on any atom is -0.495 e. The zero-order chi connectivity index (χ0) is 19.4. The zero-order valence-corrected chi connectivity index (χ0v) is 15.3. The summed E-state index contributed by atoms with van der Waals surface area (Å²) in [5, 5.41) is 5.72. The molecular weight excluding hydrogens is 372 g/mol. The average molecular weight is 389 g/mol. The fraction of sp³-hybridized carbons (Fsp3) is 0.211. The van der Waals surface area contributed by atoms with Crippen molar-refractivity contribution in [2.24, 2.45) is 0 Å². The highest BCUT2D eigenvalue weighted by molar-refractivity contribution is 6.32. The molecule has 0 bridgehead atoms. The zero-order valence-electron chi connectivity index (χ0n) is 14.5. The summed E-state index contributed by atoms with van der Waals surface area (Å²) in [4.78, 5) is 35.8. The molecule has 3 rings (SSSR count). The van der Waals surface area contributed by atoms with Crippen LogP contribution in [0.5, 0.6) is 11.5 Å². The van der Waals surface area contributed by atoms with Crippen LogP contribution < -0.4 is 20.1 Å². The lowest BCUT2D eigenvalue weighted by Gasteiger charge is -2.18. The average Bonchev–Trinajstić information content (AvgIpc) is 2.65. The molecule has 1 aliphatic heterocycles. The lowest BCUT2D eigenvalue weighted by molar-refractivity contribution is -0.118. The minimum absolute atomic E-state index is 0.0163. The molecule has 0 aromatic heterocycles. The molecule has 2 aromatic rings. The van der Waals surface area contributed by atoms with E-state index in [-0.39, 0.29) is 37.0 Å². The maximum atomic E-state index is 12.3. The molecule has 0 saturated carbocycles. The van der Waals surface area contributed by atoms with Gasteiger partial charge in [0.1, 0.15) is 11.5 Å². The summed E-state index contributed by atoms with van der Waals surface area (Å²) in [7, 11) is 1.50. The minimum atomic E-state index is -0.306. The number of ketones is 1. The van der Waals surface area contributed by atoms with Crippen LogP contribution in [0.15, 0.2) is 36.4 Å². The summed E-state index contributed by atoms with van der Waals surface area (Å²) < 4.78 is 10.3.